The van der Waals surface area contributed by atoms with Crippen molar-refractivity contribution in [3.63, 3.8) is 0 Å². The van der Waals surface area contributed by atoms with E-state index >= 15 is 0 Å². The van der Waals surface area contributed by atoms with Gasteiger partial charge in [0, 0.05) is 26.2 Å². The lowest BCUT2D eigenvalue weighted by molar-refractivity contribution is -0.144. The number of benzene rings is 1. The highest BCUT2D eigenvalue weighted by Crippen LogP contribution is 2.22. The van der Waals surface area contributed by atoms with E-state index in [-0.39, 0.29) is 29.8 Å². The molecule has 1 aromatic carbocycles. The van der Waals surface area contributed by atoms with Crippen molar-refractivity contribution in [1.29, 1.82) is 0 Å². The number of hydrogen-bond donors (Lipinski definition) is 0. The quantitative estimate of drug-likeness (QED) is 0.417. The Morgan fingerprint density at radius 1 is 1.18 bits per heavy atom. The molecule has 0 spiro atoms. The molecule has 0 N–H and O–H groups in total. The first kappa shape index (κ1) is 24.9. The molecule has 3 rings (SSSR count). The molecule has 178 valence electrons. The van der Waals surface area contributed by atoms with Crippen molar-refractivity contribution in [2.75, 3.05) is 13.7 Å². The van der Waals surface area contributed by atoms with Crippen LogP contribution in [0.5, 0.6) is 0 Å². The average molecular weight is 473 g/mol. The van der Waals surface area contributed by atoms with E-state index < -0.39 is 16.1 Å². The summed E-state index contributed by atoms with van der Waals surface area (Å²) in [6, 6.07) is 8.38. The summed E-state index contributed by atoms with van der Waals surface area (Å²) in [4.78, 5) is 20.5. The number of carbonyl (C=O) groups is 1. The van der Waals surface area contributed by atoms with Crippen molar-refractivity contribution in [1.82, 2.24) is 18.8 Å². The number of fused-ring (bicyclic) bond motifs is 1. The maximum absolute atomic E-state index is 13.3. The van der Waals surface area contributed by atoms with Gasteiger partial charge in [-0.2, -0.15) is 4.31 Å². The van der Waals surface area contributed by atoms with Crippen LogP contribution >= 0.6 is 0 Å². The fourth-order valence-electron chi connectivity index (χ4n) is 3.77. The van der Waals surface area contributed by atoms with Crippen molar-refractivity contribution >= 4 is 27.0 Å². The zero-order chi connectivity index (χ0) is 24.2. The van der Waals surface area contributed by atoms with Crippen LogP contribution in [0.2, 0.25) is 0 Å². The van der Waals surface area contributed by atoms with Gasteiger partial charge < -0.3 is 9.30 Å². The minimum absolute atomic E-state index is 0.0422. The van der Waals surface area contributed by atoms with Crippen LogP contribution in [-0.2, 0) is 26.1 Å². The van der Waals surface area contributed by atoms with Gasteiger partial charge in [-0.25, -0.2) is 13.4 Å². The molecule has 3 aromatic rings. The first-order chi connectivity index (χ1) is 15.6. The van der Waals surface area contributed by atoms with Crippen LogP contribution in [-0.4, -0.2) is 52.9 Å². The Labute approximate surface area is 195 Å². The first-order valence-electron chi connectivity index (χ1n) is 11.1. The van der Waals surface area contributed by atoms with Crippen molar-refractivity contribution in [3.05, 3.63) is 54.1 Å². The Hall–Kier alpha value is -2.78. The summed E-state index contributed by atoms with van der Waals surface area (Å²) in [6.07, 6.45) is 4.31. The minimum Gasteiger partial charge on any atom is -0.464 e. The van der Waals surface area contributed by atoms with Crippen molar-refractivity contribution < 1.29 is 17.9 Å². The highest BCUT2D eigenvalue weighted by molar-refractivity contribution is 7.89. The van der Waals surface area contributed by atoms with Crippen molar-refractivity contribution in [2.45, 2.75) is 58.0 Å². The SMILES string of the molecule is CCC(=O)OCC(CC(C)C)N(C)S(=O)(=O)c1ccc(Cn2c(C)nc3cnccc32)cc1. The van der Waals surface area contributed by atoms with E-state index in [1.165, 1.54) is 4.31 Å². The Bertz CT molecular complexity index is 1200. The van der Waals surface area contributed by atoms with E-state index in [1.54, 1.807) is 38.5 Å². The van der Waals surface area contributed by atoms with Crippen molar-refractivity contribution in [3.8, 4) is 0 Å². The zero-order valence-corrected chi connectivity index (χ0v) is 20.7. The number of hydrogen-bond acceptors (Lipinski definition) is 6. The molecular formula is C24H32N4O4S. The van der Waals surface area contributed by atoms with Crippen LogP contribution in [0.1, 0.15) is 45.0 Å². The Morgan fingerprint density at radius 2 is 1.88 bits per heavy atom. The van der Waals surface area contributed by atoms with Gasteiger partial charge in [-0.15, -0.1) is 0 Å². The molecule has 2 aromatic heterocycles. The molecule has 0 radical (unpaired) electrons. The third-order valence-corrected chi connectivity index (χ3v) is 7.59. The summed E-state index contributed by atoms with van der Waals surface area (Å²) in [5.74, 6) is 0.781. The highest BCUT2D eigenvalue weighted by atomic mass is 32.2. The molecule has 0 saturated heterocycles. The van der Waals surface area contributed by atoms with Crippen LogP contribution in [0.25, 0.3) is 11.0 Å². The van der Waals surface area contributed by atoms with Gasteiger partial charge in [-0.1, -0.05) is 32.9 Å². The smallest absolute Gasteiger partial charge is 0.305 e. The number of imidazole rings is 1. The number of sulfonamides is 1. The van der Waals surface area contributed by atoms with Gasteiger partial charge in [0.2, 0.25) is 10.0 Å². The molecule has 2 heterocycles. The maximum Gasteiger partial charge on any atom is 0.305 e. The molecule has 9 heteroatoms. The number of likely N-dealkylation sites (N-methyl/N-ethyl adjacent to an activating group) is 1. The van der Waals surface area contributed by atoms with E-state index in [9.17, 15) is 13.2 Å². The third-order valence-electron chi connectivity index (χ3n) is 5.67. The Kier molecular flexibility index (Phi) is 7.86. The van der Waals surface area contributed by atoms with Gasteiger partial charge in [-0.05, 0) is 43.0 Å². The second kappa shape index (κ2) is 10.4. The number of aryl methyl sites for hydroxylation is 1. The number of esters is 1. The van der Waals surface area contributed by atoms with Gasteiger partial charge >= 0.3 is 5.97 Å². The predicted molar refractivity (Wildman–Crippen MR) is 127 cm³/mol. The number of ether oxygens (including phenoxy) is 1. The van der Waals surface area contributed by atoms with Gasteiger partial charge in [-0.3, -0.25) is 9.78 Å². The predicted octanol–water partition coefficient (Wildman–Crippen LogP) is 3.78. The van der Waals surface area contributed by atoms with Crippen LogP contribution in [0.4, 0.5) is 0 Å². The summed E-state index contributed by atoms with van der Waals surface area (Å²) in [5.41, 5.74) is 2.78. The van der Waals surface area contributed by atoms with E-state index in [1.807, 2.05) is 39.0 Å². The fraction of sp³-hybridized carbons (Fsp3) is 0.458. The Morgan fingerprint density at radius 3 is 2.52 bits per heavy atom. The molecular weight excluding hydrogens is 440 g/mol. The van der Waals surface area contributed by atoms with Crippen LogP contribution in [0.15, 0.2) is 47.6 Å². The zero-order valence-electron chi connectivity index (χ0n) is 19.9. The fourth-order valence-corrected chi connectivity index (χ4v) is 5.12. The minimum atomic E-state index is -3.75. The van der Waals surface area contributed by atoms with Gasteiger partial charge in [0.05, 0.1) is 22.7 Å². The van der Waals surface area contributed by atoms with E-state index in [2.05, 4.69) is 14.5 Å². The number of pyridine rings is 1. The van der Waals surface area contributed by atoms with Gasteiger partial charge in [0.1, 0.15) is 17.9 Å². The van der Waals surface area contributed by atoms with Crippen LogP contribution < -0.4 is 0 Å². The third kappa shape index (κ3) is 5.78. The molecule has 0 fully saturated rings. The Balaban J connectivity index is 1.79. The topological polar surface area (TPSA) is 94.4 Å². The molecule has 0 aliphatic rings. The molecule has 0 saturated carbocycles. The van der Waals surface area contributed by atoms with E-state index in [4.69, 9.17) is 4.74 Å². The number of nitrogens with zero attached hydrogens (tertiary/aromatic N) is 4. The molecule has 0 bridgehead atoms. The summed E-state index contributed by atoms with van der Waals surface area (Å²) in [6.45, 7) is 8.30. The lowest BCUT2D eigenvalue weighted by Gasteiger charge is -2.28. The molecule has 1 unspecified atom stereocenters. The molecule has 0 amide bonds. The summed E-state index contributed by atoms with van der Waals surface area (Å²) in [7, 11) is -2.20. The summed E-state index contributed by atoms with van der Waals surface area (Å²) >= 11 is 0. The number of aromatic nitrogens is 3. The molecule has 8 nitrogen and oxygen atoms in total. The van der Waals surface area contributed by atoms with E-state index in [0.29, 0.717) is 13.0 Å². The van der Waals surface area contributed by atoms with E-state index in [0.717, 1.165) is 22.4 Å². The first-order valence-corrected chi connectivity index (χ1v) is 12.6. The molecule has 33 heavy (non-hydrogen) atoms. The largest absolute Gasteiger partial charge is 0.464 e. The summed E-state index contributed by atoms with van der Waals surface area (Å²) < 4.78 is 35.3. The molecule has 0 aliphatic carbocycles. The second-order valence-electron chi connectivity index (χ2n) is 8.59. The van der Waals surface area contributed by atoms with Crippen LogP contribution in [0.3, 0.4) is 0 Å². The van der Waals surface area contributed by atoms with Crippen LogP contribution in [0, 0.1) is 12.8 Å². The normalized spacial score (nSPS) is 13.1. The standard InChI is InChI=1S/C24H32N4O4S/c1-6-24(29)32-16-20(13-17(2)3)27(5)33(30,31)21-9-7-19(8-10-21)15-28-18(4)26-22-14-25-12-11-23(22)28/h7-12,14,17,20H,6,13,15-16H2,1-5H3. The lowest BCUT2D eigenvalue weighted by Crippen LogP contribution is -2.41. The maximum atomic E-state index is 13.3. The van der Waals surface area contributed by atoms with Crippen molar-refractivity contribution in [2.24, 2.45) is 5.92 Å². The monoisotopic (exact) mass is 472 g/mol. The number of rotatable bonds is 10. The van der Waals surface area contributed by atoms with Gasteiger partial charge in [0.15, 0.2) is 0 Å². The summed E-state index contributed by atoms with van der Waals surface area (Å²) in [5, 5.41) is 0. The molecule has 1 atom stereocenters. The molecule has 0 aliphatic heterocycles. The average Bonchev–Trinajstić information content (AvgIpc) is 3.11. The van der Waals surface area contributed by atoms with Gasteiger partial charge in [0.25, 0.3) is 0 Å². The number of carbonyl (C=O) groups excluding carboxylic acids is 1. The highest BCUT2D eigenvalue weighted by Gasteiger charge is 2.29. The lowest BCUT2D eigenvalue weighted by atomic mass is 10.0. The second-order valence-corrected chi connectivity index (χ2v) is 10.6.